The zero-order chi connectivity index (χ0) is 18.6. The Balaban J connectivity index is 1.34. The molecule has 4 rings (SSSR count). The molecule has 3 aromatic rings. The van der Waals surface area contributed by atoms with Crippen molar-refractivity contribution in [3.05, 3.63) is 60.3 Å². The maximum atomic E-state index is 12.5. The van der Waals surface area contributed by atoms with Gasteiger partial charge in [0.05, 0.1) is 7.11 Å². The summed E-state index contributed by atoms with van der Waals surface area (Å²) in [5, 5.41) is 1.29. The van der Waals surface area contributed by atoms with E-state index in [2.05, 4.69) is 29.4 Å². The van der Waals surface area contributed by atoms with Crippen molar-refractivity contribution in [3.8, 4) is 11.5 Å². The van der Waals surface area contributed by atoms with Crippen LogP contribution >= 0.6 is 0 Å². The van der Waals surface area contributed by atoms with Gasteiger partial charge in [0, 0.05) is 30.2 Å². The molecular formula is C22H24N2O3. The minimum absolute atomic E-state index is 0.0262. The molecule has 0 saturated carbocycles. The van der Waals surface area contributed by atoms with Crippen LogP contribution < -0.4 is 9.47 Å². The fourth-order valence-corrected chi connectivity index (χ4v) is 3.84. The van der Waals surface area contributed by atoms with Crippen LogP contribution in [0.2, 0.25) is 0 Å². The lowest BCUT2D eigenvalue weighted by Gasteiger charge is -2.32. The Morgan fingerprint density at radius 2 is 1.78 bits per heavy atom. The number of amides is 1. The number of benzene rings is 2. The summed E-state index contributed by atoms with van der Waals surface area (Å²) in [5.41, 5.74) is 2.54. The highest BCUT2D eigenvalue weighted by molar-refractivity contribution is 5.83. The van der Waals surface area contributed by atoms with Crippen molar-refractivity contribution in [1.29, 1.82) is 0 Å². The molecule has 0 aliphatic carbocycles. The second kappa shape index (κ2) is 7.74. The number of likely N-dealkylation sites (tertiary alicyclic amines) is 1. The number of piperidine rings is 1. The number of para-hydroxylation sites is 3. The molecule has 1 amide bonds. The third kappa shape index (κ3) is 3.63. The lowest BCUT2D eigenvalue weighted by Crippen LogP contribution is -2.40. The molecule has 1 saturated heterocycles. The minimum Gasteiger partial charge on any atom is -0.493 e. The van der Waals surface area contributed by atoms with Crippen molar-refractivity contribution in [2.45, 2.75) is 18.8 Å². The third-order valence-corrected chi connectivity index (χ3v) is 5.33. The number of hydrogen-bond donors (Lipinski definition) is 1. The van der Waals surface area contributed by atoms with Gasteiger partial charge in [0.2, 0.25) is 0 Å². The van der Waals surface area contributed by atoms with Gasteiger partial charge in [-0.2, -0.15) is 0 Å². The Labute approximate surface area is 158 Å². The molecule has 1 fully saturated rings. The second-order valence-corrected chi connectivity index (χ2v) is 6.88. The van der Waals surface area contributed by atoms with E-state index in [-0.39, 0.29) is 12.5 Å². The first-order chi connectivity index (χ1) is 13.3. The van der Waals surface area contributed by atoms with Crippen molar-refractivity contribution in [1.82, 2.24) is 9.88 Å². The van der Waals surface area contributed by atoms with E-state index in [1.54, 1.807) is 7.11 Å². The summed E-state index contributed by atoms with van der Waals surface area (Å²) in [6.07, 6.45) is 4.07. The average Bonchev–Trinajstić information content (AvgIpc) is 3.16. The molecule has 0 atom stereocenters. The van der Waals surface area contributed by atoms with Gasteiger partial charge in [0.25, 0.3) is 5.91 Å². The molecule has 0 bridgehead atoms. The maximum absolute atomic E-state index is 12.5. The first kappa shape index (κ1) is 17.5. The predicted molar refractivity (Wildman–Crippen MR) is 105 cm³/mol. The topological polar surface area (TPSA) is 54.6 Å². The zero-order valence-electron chi connectivity index (χ0n) is 15.5. The number of H-pyrrole nitrogens is 1. The van der Waals surface area contributed by atoms with E-state index < -0.39 is 0 Å². The molecule has 1 aromatic heterocycles. The van der Waals surface area contributed by atoms with Crippen LogP contribution in [0.15, 0.2) is 54.7 Å². The number of carbonyl (C=O) groups is 1. The fraction of sp³-hybridized carbons (Fsp3) is 0.318. The summed E-state index contributed by atoms with van der Waals surface area (Å²) in [6, 6.07) is 15.8. The van der Waals surface area contributed by atoms with Gasteiger partial charge in [0.1, 0.15) is 0 Å². The van der Waals surface area contributed by atoms with Gasteiger partial charge < -0.3 is 19.4 Å². The molecule has 0 spiro atoms. The maximum Gasteiger partial charge on any atom is 0.260 e. The van der Waals surface area contributed by atoms with Crippen LogP contribution in [0, 0.1) is 0 Å². The quantitative estimate of drug-likeness (QED) is 0.745. The van der Waals surface area contributed by atoms with E-state index in [1.165, 1.54) is 16.5 Å². The van der Waals surface area contributed by atoms with Crippen LogP contribution in [0.1, 0.15) is 24.3 Å². The van der Waals surface area contributed by atoms with Gasteiger partial charge >= 0.3 is 0 Å². The number of aromatic amines is 1. The fourth-order valence-electron chi connectivity index (χ4n) is 3.84. The van der Waals surface area contributed by atoms with Crippen molar-refractivity contribution in [3.63, 3.8) is 0 Å². The van der Waals surface area contributed by atoms with Crippen LogP contribution in [0.25, 0.3) is 10.9 Å². The van der Waals surface area contributed by atoms with E-state index in [0.29, 0.717) is 17.4 Å². The van der Waals surface area contributed by atoms with Gasteiger partial charge in [0.15, 0.2) is 18.1 Å². The van der Waals surface area contributed by atoms with Gasteiger partial charge in [-0.05, 0) is 42.5 Å². The SMILES string of the molecule is COc1ccccc1OCC(=O)N1CCC(c2c[nH]c3ccccc23)CC1. The van der Waals surface area contributed by atoms with Crippen LogP contribution in [0.5, 0.6) is 11.5 Å². The number of aromatic nitrogens is 1. The molecular weight excluding hydrogens is 340 g/mol. The van der Waals surface area contributed by atoms with Gasteiger partial charge in [-0.3, -0.25) is 4.79 Å². The van der Waals surface area contributed by atoms with E-state index in [0.717, 1.165) is 25.9 Å². The Morgan fingerprint density at radius 3 is 2.56 bits per heavy atom. The Morgan fingerprint density at radius 1 is 1.07 bits per heavy atom. The standard InChI is InChI=1S/C22H24N2O3/c1-26-20-8-4-5-9-21(20)27-15-22(25)24-12-10-16(11-13-24)18-14-23-19-7-3-2-6-17(18)19/h2-9,14,16,23H,10-13,15H2,1H3. The predicted octanol–water partition coefficient (Wildman–Crippen LogP) is 3.96. The number of nitrogens with one attached hydrogen (secondary N) is 1. The lowest BCUT2D eigenvalue weighted by atomic mass is 9.89. The van der Waals surface area contributed by atoms with Crippen molar-refractivity contribution >= 4 is 16.8 Å². The second-order valence-electron chi connectivity index (χ2n) is 6.88. The van der Waals surface area contributed by atoms with Crippen LogP contribution in [0.4, 0.5) is 0 Å². The van der Waals surface area contributed by atoms with Crippen molar-refractivity contribution in [2.75, 3.05) is 26.8 Å². The Hall–Kier alpha value is -2.95. The van der Waals surface area contributed by atoms with Crippen molar-refractivity contribution in [2.24, 2.45) is 0 Å². The number of carbonyl (C=O) groups excluding carboxylic acids is 1. The molecule has 2 heterocycles. The molecule has 1 N–H and O–H groups in total. The summed E-state index contributed by atoms with van der Waals surface area (Å²) < 4.78 is 10.9. The number of nitrogens with zero attached hydrogens (tertiary/aromatic N) is 1. The van der Waals surface area contributed by atoms with Crippen molar-refractivity contribution < 1.29 is 14.3 Å². The number of hydrogen-bond acceptors (Lipinski definition) is 3. The summed E-state index contributed by atoms with van der Waals surface area (Å²) in [4.78, 5) is 17.8. The third-order valence-electron chi connectivity index (χ3n) is 5.33. The zero-order valence-corrected chi connectivity index (χ0v) is 15.5. The summed E-state index contributed by atoms with van der Waals surface area (Å²) in [6.45, 7) is 1.56. The van der Waals surface area contributed by atoms with E-state index >= 15 is 0 Å². The Bertz CT molecular complexity index is 926. The highest BCUT2D eigenvalue weighted by Gasteiger charge is 2.25. The van der Waals surface area contributed by atoms with Gasteiger partial charge in [-0.1, -0.05) is 30.3 Å². The van der Waals surface area contributed by atoms with E-state index in [4.69, 9.17) is 9.47 Å². The van der Waals surface area contributed by atoms with Gasteiger partial charge in [-0.15, -0.1) is 0 Å². The van der Waals surface area contributed by atoms with Gasteiger partial charge in [-0.25, -0.2) is 0 Å². The normalized spacial score (nSPS) is 15.1. The minimum atomic E-state index is 0.0262. The highest BCUT2D eigenvalue weighted by atomic mass is 16.5. The summed E-state index contributed by atoms with van der Waals surface area (Å²) in [5.74, 6) is 1.75. The Kier molecular flexibility index (Phi) is 5.01. The summed E-state index contributed by atoms with van der Waals surface area (Å²) >= 11 is 0. The highest BCUT2D eigenvalue weighted by Crippen LogP contribution is 2.33. The summed E-state index contributed by atoms with van der Waals surface area (Å²) in [7, 11) is 1.60. The smallest absolute Gasteiger partial charge is 0.260 e. The molecule has 1 aliphatic rings. The first-order valence-electron chi connectivity index (χ1n) is 9.36. The van der Waals surface area contributed by atoms with E-state index in [1.807, 2.05) is 35.2 Å². The molecule has 140 valence electrons. The number of methoxy groups -OCH3 is 1. The molecule has 5 heteroatoms. The largest absolute Gasteiger partial charge is 0.493 e. The average molecular weight is 364 g/mol. The first-order valence-corrected chi connectivity index (χ1v) is 9.36. The molecule has 0 unspecified atom stereocenters. The lowest BCUT2D eigenvalue weighted by molar-refractivity contribution is -0.134. The molecule has 0 radical (unpaired) electrons. The number of rotatable bonds is 5. The van der Waals surface area contributed by atoms with Crippen LogP contribution in [-0.4, -0.2) is 42.6 Å². The van der Waals surface area contributed by atoms with Crippen LogP contribution in [0.3, 0.4) is 0 Å². The van der Waals surface area contributed by atoms with E-state index in [9.17, 15) is 4.79 Å². The molecule has 2 aromatic carbocycles. The monoisotopic (exact) mass is 364 g/mol. The van der Waals surface area contributed by atoms with Crippen LogP contribution in [-0.2, 0) is 4.79 Å². The number of fused-ring (bicyclic) bond motifs is 1. The number of ether oxygens (including phenoxy) is 2. The molecule has 27 heavy (non-hydrogen) atoms. The molecule has 1 aliphatic heterocycles. The molecule has 5 nitrogen and oxygen atoms in total.